The van der Waals surface area contributed by atoms with Crippen LogP contribution in [0.4, 0.5) is 4.79 Å². The Kier molecular flexibility index (Phi) is 6.33. The molecule has 1 unspecified atom stereocenters. The Bertz CT molecular complexity index is 900. The number of amides is 1. The third-order valence-corrected chi connectivity index (χ3v) is 6.47. The highest BCUT2D eigenvalue weighted by atomic mass is 32.2. The van der Waals surface area contributed by atoms with E-state index in [1.807, 2.05) is 37.3 Å². The first-order valence-electron chi connectivity index (χ1n) is 9.07. The summed E-state index contributed by atoms with van der Waals surface area (Å²) in [6.07, 6.45) is -1.57. The number of benzene rings is 2. The maximum atomic E-state index is 12.9. The molecule has 0 bridgehead atoms. The Morgan fingerprint density at radius 1 is 1.07 bits per heavy atom. The average molecular weight is 404 g/mol. The molecular formula is C20H24N2O5S. The number of ether oxygens (including phenoxy) is 1. The predicted octanol–water partition coefficient (Wildman–Crippen LogP) is 2.00. The number of β-amino-alcohol motifs (C(OH)–C–C–N with tert-alkyl or cyclic N) is 1. The predicted molar refractivity (Wildman–Crippen MR) is 104 cm³/mol. The molecule has 1 N–H and O–H groups in total. The molecule has 28 heavy (non-hydrogen) atoms. The van der Waals surface area contributed by atoms with Crippen LogP contribution in [0.25, 0.3) is 0 Å². The number of nitrogens with zero attached hydrogens (tertiary/aromatic N) is 2. The molecule has 0 saturated carbocycles. The van der Waals surface area contributed by atoms with Gasteiger partial charge in [-0.05, 0) is 24.6 Å². The normalized spacial score (nSPS) is 18.5. The highest BCUT2D eigenvalue weighted by molar-refractivity contribution is 7.89. The lowest BCUT2D eigenvalue weighted by Gasteiger charge is -2.21. The van der Waals surface area contributed by atoms with Crippen LogP contribution in [0.2, 0.25) is 0 Å². The van der Waals surface area contributed by atoms with Gasteiger partial charge in [-0.1, -0.05) is 48.0 Å². The van der Waals surface area contributed by atoms with E-state index in [0.29, 0.717) is 0 Å². The van der Waals surface area contributed by atoms with E-state index in [1.165, 1.54) is 9.21 Å². The molecule has 1 fully saturated rings. The average Bonchev–Trinajstić information content (AvgIpc) is 2.89. The molecule has 8 heteroatoms. The molecule has 1 atom stereocenters. The number of sulfonamides is 1. The van der Waals surface area contributed by atoms with E-state index in [0.717, 1.165) is 11.1 Å². The van der Waals surface area contributed by atoms with Crippen LogP contribution in [-0.2, 0) is 21.4 Å². The van der Waals surface area contributed by atoms with Gasteiger partial charge in [0.05, 0.1) is 17.5 Å². The van der Waals surface area contributed by atoms with Gasteiger partial charge in [-0.2, -0.15) is 4.31 Å². The molecular weight excluding hydrogens is 380 g/mol. The number of aryl methyl sites for hydroxylation is 1. The molecule has 1 saturated heterocycles. The first kappa shape index (κ1) is 20.3. The zero-order valence-corrected chi connectivity index (χ0v) is 16.5. The number of rotatable bonds is 4. The van der Waals surface area contributed by atoms with Gasteiger partial charge < -0.3 is 14.7 Å². The molecule has 2 aromatic carbocycles. The van der Waals surface area contributed by atoms with Crippen LogP contribution >= 0.6 is 0 Å². The molecule has 0 spiro atoms. The molecule has 1 amide bonds. The number of carbonyl (C=O) groups excluding carboxylic acids is 1. The molecule has 7 nitrogen and oxygen atoms in total. The van der Waals surface area contributed by atoms with Gasteiger partial charge in [0.25, 0.3) is 0 Å². The summed E-state index contributed by atoms with van der Waals surface area (Å²) in [6.45, 7) is 2.19. The number of aliphatic hydroxyl groups excluding tert-OH is 1. The van der Waals surface area contributed by atoms with Crippen molar-refractivity contribution in [3.05, 3.63) is 65.7 Å². The Labute approximate surface area is 165 Å². The minimum Gasteiger partial charge on any atom is -0.445 e. The molecule has 150 valence electrons. The van der Waals surface area contributed by atoms with Gasteiger partial charge in [-0.3, -0.25) is 0 Å². The van der Waals surface area contributed by atoms with Crippen molar-refractivity contribution < 1.29 is 23.1 Å². The van der Waals surface area contributed by atoms with E-state index < -0.39 is 22.2 Å². The zero-order chi connectivity index (χ0) is 20.1. The standard InChI is InChI=1S/C20H24N2O5S/c1-16-7-9-19(10-8-16)28(25,26)22-12-11-21(13-18(23)14-22)20(24)27-15-17-5-3-2-4-6-17/h2-10,18,23H,11-15H2,1H3. The van der Waals surface area contributed by atoms with Crippen molar-refractivity contribution in [2.24, 2.45) is 0 Å². The van der Waals surface area contributed by atoms with Crippen LogP contribution in [0.1, 0.15) is 11.1 Å². The van der Waals surface area contributed by atoms with Crippen molar-refractivity contribution in [2.45, 2.75) is 24.5 Å². The summed E-state index contributed by atoms with van der Waals surface area (Å²) < 4.78 is 32.2. The Balaban J connectivity index is 1.65. The first-order chi connectivity index (χ1) is 13.4. The maximum Gasteiger partial charge on any atom is 0.410 e. The highest BCUT2D eigenvalue weighted by Crippen LogP contribution is 2.19. The van der Waals surface area contributed by atoms with Crippen LogP contribution in [0.3, 0.4) is 0 Å². The second-order valence-corrected chi connectivity index (χ2v) is 8.75. The Morgan fingerprint density at radius 2 is 1.75 bits per heavy atom. The van der Waals surface area contributed by atoms with Crippen molar-refractivity contribution >= 4 is 16.1 Å². The summed E-state index contributed by atoms with van der Waals surface area (Å²) >= 11 is 0. The third-order valence-electron chi connectivity index (χ3n) is 4.59. The third kappa shape index (κ3) is 4.89. The zero-order valence-electron chi connectivity index (χ0n) is 15.7. The van der Waals surface area contributed by atoms with E-state index in [2.05, 4.69) is 0 Å². The summed E-state index contributed by atoms with van der Waals surface area (Å²) in [4.78, 5) is 13.9. The van der Waals surface area contributed by atoms with E-state index in [-0.39, 0.29) is 37.7 Å². The summed E-state index contributed by atoms with van der Waals surface area (Å²) in [5, 5.41) is 10.3. The number of carbonyl (C=O) groups is 1. The number of hydrogen-bond donors (Lipinski definition) is 1. The van der Waals surface area contributed by atoms with E-state index in [4.69, 9.17) is 4.74 Å². The molecule has 0 radical (unpaired) electrons. The van der Waals surface area contributed by atoms with E-state index in [1.54, 1.807) is 24.3 Å². The lowest BCUT2D eigenvalue weighted by molar-refractivity contribution is 0.0770. The summed E-state index contributed by atoms with van der Waals surface area (Å²) in [7, 11) is -3.74. The molecule has 3 rings (SSSR count). The number of hydrogen-bond acceptors (Lipinski definition) is 5. The van der Waals surface area contributed by atoms with Crippen LogP contribution < -0.4 is 0 Å². The topological polar surface area (TPSA) is 87.2 Å². The first-order valence-corrected chi connectivity index (χ1v) is 10.5. The van der Waals surface area contributed by atoms with Gasteiger partial charge in [0, 0.05) is 19.6 Å². The Hall–Kier alpha value is -2.42. The Morgan fingerprint density at radius 3 is 2.43 bits per heavy atom. The van der Waals surface area contributed by atoms with Crippen LogP contribution in [0.15, 0.2) is 59.5 Å². The van der Waals surface area contributed by atoms with Gasteiger partial charge in [-0.15, -0.1) is 0 Å². The molecule has 1 heterocycles. The summed E-state index contributed by atoms with van der Waals surface area (Å²) in [5.74, 6) is 0. The second-order valence-electron chi connectivity index (χ2n) is 6.82. The number of aliphatic hydroxyl groups is 1. The van der Waals surface area contributed by atoms with Crippen molar-refractivity contribution in [3.63, 3.8) is 0 Å². The van der Waals surface area contributed by atoms with Gasteiger partial charge in [0.1, 0.15) is 6.61 Å². The molecule has 0 aliphatic carbocycles. The summed E-state index contributed by atoms with van der Waals surface area (Å²) in [5.41, 5.74) is 1.82. The van der Waals surface area contributed by atoms with Gasteiger partial charge in [-0.25, -0.2) is 13.2 Å². The lowest BCUT2D eigenvalue weighted by Crippen LogP contribution is -2.38. The quantitative estimate of drug-likeness (QED) is 0.842. The fraction of sp³-hybridized carbons (Fsp3) is 0.350. The van der Waals surface area contributed by atoms with Gasteiger partial charge in [0.2, 0.25) is 10.0 Å². The summed E-state index contributed by atoms with van der Waals surface area (Å²) in [6, 6.07) is 15.8. The smallest absolute Gasteiger partial charge is 0.410 e. The van der Waals surface area contributed by atoms with Crippen LogP contribution in [0, 0.1) is 6.92 Å². The largest absolute Gasteiger partial charge is 0.445 e. The minimum absolute atomic E-state index is 0.0214. The van der Waals surface area contributed by atoms with E-state index >= 15 is 0 Å². The lowest BCUT2D eigenvalue weighted by atomic mass is 10.2. The van der Waals surface area contributed by atoms with Crippen molar-refractivity contribution in [2.75, 3.05) is 26.2 Å². The fourth-order valence-corrected chi connectivity index (χ4v) is 4.48. The van der Waals surface area contributed by atoms with Crippen molar-refractivity contribution in [1.29, 1.82) is 0 Å². The van der Waals surface area contributed by atoms with E-state index in [9.17, 15) is 18.3 Å². The maximum absolute atomic E-state index is 12.9. The second kappa shape index (κ2) is 8.72. The minimum atomic E-state index is -3.74. The van der Waals surface area contributed by atoms with Crippen molar-refractivity contribution in [3.8, 4) is 0 Å². The molecule has 2 aromatic rings. The molecule has 1 aliphatic heterocycles. The van der Waals surface area contributed by atoms with Gasteiger partial charge in [0.15, 0.2) is 0 Å². The van der Waals surface area contributed by atoms with Crippen LogP contribution in [-0.4, -0.2) is 61.1 Å². The van der Waals surface area contributed by atoms with Crippen molar-refractivity contribution in [1.82, 2.24) is 9.21 Å². The molecule has 1 aliphatic rings. The fourth-order valence-electron chi connectivity index (χ4n) is 3.02. The highest BCUT2D eigenvalue weighted by Gasteiger charge is 2.32. The monoisotopic (exact) mass is 404 g/mol. The van der Waals surface area contributed by atoms with Crippen LogP contribution in [0.5, 0.6) is 0 Å². The molecule has 0 aromatic heterocycles. The SMILES string of the molecule is Cc1ccc(S(=O)(=O)N2CCN(C(=O)OCc3ccccc3)CC(O)C2)cc1. The van der Waals surface area contributed by atoms with Gasteiger partial charge >= 0.3 is 6.09 Å².